The molecule has 0 aliphatic rings. The number of rotatable bonds is 8. The summed E-state index contributed by atoms with van der Waals surface area (Å²) >= 11 is 0. The number of carbonyl (C=O) groups excluding carboxylic acids is 1. The van der Waals surface area contributed by atoms with Gasteiger partial charge in [-0.05, 0) is 24.6 Å². The van der Waals surface area contributed by atoms with Crippen molar-refractivity contribution in [1.82, 2.24) is 10.6 Å². The molecule has 0 saturated carbocycles. The maximum absolute atomic E-state index is 12.1. The number of amides is 2. The Kier molecular flexibility index (Phi) is 7.63. The lowest BCUT2D eigenvalue weighted by Crippen LogP contribution is -2.41. The zero-order valence-electron chi connectivity index (χ0n) is 13.7. The zero-order valence-corrected chi connectivity index (χ0v) is 13.7. The summed E-state index contributed by atoms with van der Waals surface area (Å²) in [4.78, 5) is 11.5. The predicted octanol–water partition coefficient (Wildman–Crippen LogP) is 2.64. The molecule has 0 radical (unpaired) electrons. The van der Waals surface area contributed by atoms with Gasteiger partial charge in [-0.3, -0.25) is 0 Å². The van der Waals surface area contributed by atoms with Gasteiger partial charge in [0.1, 0.15) is 13.2 Å². The second kappa shape index (κ2) is 9.21. The van der Waals surface area contributed by atoms with Crippen LogP contribution in [0.5, 0.6) is 11.5 Å². The maximum atomic E-state index is 12.1. The van der Waals surface area contributed by atoms with Crippen LogP contribution in [0.2, 0.25) is 0 Å². The first-order chi connectivity index (χ1) is 11.3. The molecule has 1 rings (SSSR count). The van der Waals surface area contributed by atoms with Crippen molar-refractivity contribution in [1.29, 1.82) is 0 Å². The Labute approximate surface area is 138 Å². The Morgan fingerprint density at radius 2 is 1.92 bits per heavy atom. The van der Waals surface area contributed by atoms with Crippen molar-refractivity contribution in [3.05, 3.63) is 23.8 Å². The van der Waals surface area contributed by atoms with Crippen LogP contribution in [0.15, 0.2) is 18.2 Å². The van der Waals surface area contributed by atoms with Crippen molar-refractivity contribution in [3.8, 4) is 11.5 Å². The average molecular weight is 350 g/mol. The van der Waals surface area contributed by atoms with Crippen LogP contribution in [0.4, 0.5) is 18.0 Å². The Morgan fingerprint density at radius 1 is 1.21 bits per heavy atom. The van der Waals surface area contributed by atoms with Crippen molar-refractivity contribution in [3.63, 3.8) is 0 Å². The first-order valence-corrected chi connectivity index (χ1v) is 7.17. The lowest BCUT2D eigenvalue weighted by Gasteiger charge is -2.18. The van der Waals surface area contributed by atoms with Crippen LogP contribution in [-0.4, -0.2) is 46.2 Å². The van der Waals surface area contributed by atoms with Crippen LogP contribution in [-0.2, 0) is 4.74 Å². The lowest BCUT2D eigenvalue weighted by atomic mass is 10.1. The molecule has 0 heterocycles. The van der Waals surface area contributed by atoms with Crippen LogP contribution in [0.25, 0.3) is 0 Å². The number of ether oxygens (including phenoxy) is 3. The number of nitrogens with one attached hydrogen (secondary N) is 2. The standard InChI is InChI=1S/C15H21F3N2O4/c1-10(20-14(21)19-9-15(16,17)18)11-4-5-12(13(8-11)23-3)24-7-6-22-2/h4-5,8,10H,6-7,9H2,1-3H3,(H2,19,20,21). The van der Waals surface area contributed by atoms with E-state index in [2.05, 4.69) is 5.32 Å². The van der Waals surface area contributed by atoms with E-state index in [1.807, 2.05) is 0 Å². The summed E-state index contributed by atoms with van der Waals surface area (Å²) in [5.74, 6) is 0.958. The van der Waals surface area contributed by atoms with Gasteiger partial charge in [-0.2, -0.15) is 13.2 Å². The number of benzene rings is 1. The van der Waals surface area contributed by atoms with Crippen molar-refractivity contribution >= 4 is 6.03 Å². The van der Waals surface area contributed by atoms with Gasteiger partial charge in [0.15, 0.2) is 11.5 Å². The highest BCUT2D eigenvalue weighted by Crippen LogP contribution is 2.30. The first-order valence-electron chi connectivity index (χ1n) is 7.17. The fourth-order valence-corrected chi connectivity index (χ4v) is 1.82. The number of halogens is 3. The summed E-state index contributed by atoms with van der Waals surface area (Å²) in [7, 11) is 3.03. The summed E-state index contributed by atoms with van der Waals surface area (Å²) in [5.41, 5.74) is 0.660. The number of carbonyl (C=O) groups is 1. The number of hydrogen-bond acceptors (Lipinski definition) is 4. The number of methoxy groups -OCH3 is 2. The Morgan fingerprint density at radius 3 is 2.50 bits per heavy atom. The van der Waals surface area contributed by atoms with Crippen LogP contribution < -0.4 is 20.1 Å². The zero-order chi connectivity index (χ0) is 18.2. The highest BCUT2D eigenvalue weighted by molar-refractivity contribution is 5.74. The smallest absolute Gasteiger partial charge is 0.405 e. The molecule has 0 aromatic heterocycles. The molecule has 0 aliphatic carbocycles. The minimum atomic E-state index is -4.45. The first kappa shape index (κ1) is 19.9. The van der Waals surface area contributed by atoms with Crippen LogP contribution in [0.3, 0.4) is 0 Å². The van der Waals surface area contributed by atoms with Crippen molar-refractivity contribution in [2.75, 3.05) is 34.0 Å². The Balaban J connectivity index is 2.66. The third-order valence-electron chi connectivity index (χ3n) is 3.03. The van der Waals surface area contributed by atoms with E-state index >= 15 is 0 Å². The molecule has 0 fully saturated rings. The summed E-state index contributed by atoms with van der Waals surface area (Å²) in [6.07, 6.45) is -4.45. The Hall–Kier alpha value is -2.16. The number of urea groups is 1. The summed E-state index contributed by atoms with van der Waals surface area (Å²) < 4.78 is 51.8. The van der Waals surface area contributed by atoms with Gasteiger partial charge in [-0.25, -0.2) is 4.79 Å². The molecular formula is C15H21F3N2O4. The van der Waals surface area contributed by atoms with Gasteiger partial charge in [0, 0.05) is 7.11 Å². The fraction of sp³-hybridized carbons (Fsp3) is 0.533. The topological polar surface area (TPSA) is 68.8 Å². The second-order valence-electron chi connectivity index (χ2n) is 4.92. The molecule has 1 aromatic rings. The predicted molar refractivity (Wildman–Crippen MR) is 81.4 cm³/mol. The quantitative estimate of drug-likeness (QED) is 0.707. The van der Waals surface area contributed by atoms with Gasteiger partial charge < -0.3 is 24.8 Å². The number of alkyl halides is 3. The van der Waals surface area contributed by atoms with E-state index in [1.54, 1.807) is 37.5 Å². The van der Waals surface area contributed by atoms with Crippen molar-refractivity contribution in [2.45, 2.75) is 19.1 Å². The summed E-state index contributed by atoms with van der Waals surface area (Å²) in [5, 5.41) is 4.18. The molecular weight excluding hydrogens is 329 g/mol. The van der Waals surface area contributed by atoms with Crippen molar-refractivity contribution < 1.29 is 32.2 Å². The molecule has 24 heavy (non-hydrogen) atoms. The van der Waals surface area contributed by atoms with Crippen LogP contribution >= 0.6 is 0 Å². The largest absolute Gasteiger partial charge is 0.493 e. The third-order valence-corrected chi connectivity index (χ3v) is 3.03. The molecule has 6 nitrogen and oxygen atoms in total. The van der Waals surface area contributed by atoms with Gasteiger partial charge >= 0.3 is 12.2 Å². The molecule has 2 N–H and O–H groups in total. The van der Waals surface area contributed by atoms with Crippen molar-refractivity contribution in [2.24, 2.45) is 0 Å². The van der Waals surface area contributed by atoms with Crippen LogP contribution in [0.1, 0.15) is 18.5 Å². The van der Waals surface area contributed by atoms with E-state index in [-0.39, 0.29) is 0 Å². The molecule has 0 saturated heterocycles. The molecule has 1 unspecified atom stereocenters. The molecule has 1 atom stereocenters. The SMILES string of the molecule is COCCOc1ccc(C(C)NC(=O)NCC(F)(F)F)cc1OC. The molecule has 0 bridgehead atoms. The van der Waals surface area contributed by atoms with Gasteiger partial charge in [0.2, 0.25) is 0 Å². The number of hydrogen-bond donors (Lipinski definition) is 2. The van der Waals surface area contributed by atoms with E-state index in [0.717, 1.165) is 0 Å². The molecule has 1 aromatic carbocycles. The van der Waals surface area contributed by atoms with Gasteiger partial charge in [0.05, 0.1) is 19.8 Å². The van der Waals surface area contributed by atoms with Gasteiger partial charge in [-0.1, -0.05) is 6.07 Å². The molecule has 2 amide bonds. The normalized spacial score (nSPS) is 12.4. The fourth-order valence-electron chi connectivity index (χ4n) is 1.82. The van der Waals surface area contributed by atoms with Gasteiger partial charge in [-0.15, -0.1) is 0 Å². The molecule has 0 spiro atoms. The van der Waals surface area contributed by atoms with E-state index < -0.39 is 24.8 Å². The second-order valence-corrected chi connectivity index (χ2v) is 4.92. The maximum Gasteiger partial charge on any atom is 0.405 e. The summed E-state index contributed by atoms with van der Waals surface area (Å²) in [6.45, 7) is 1.02. The minimum Gasteiger partial charge on any atom is -0.493 e. The lowest BCUT2D eigenvalue weighted by molar-refractivity contribution is -0.122. The highest BCUT2D eigenvalue weighted by Gasteiger charge is 2.28. The highest BCUT2D eigenvalue weighted by atomic mass is 19.4. The molecule has 0 aliphatic heterocycles. The van der Waals surface area contributed by atoms with E-state index in [1.165, 1.54) is 7.11 Å². The van der Waals surface area contributed by atoms with E-state index in [4.69, 9.17) is 14.2 Å². The van der Waals surface area contributed by atoms with Crippen LogP contribution in [0, 0.1) is 0 Å². The van der Waals surface area contributed by atoms with E-state index in [0.29, 0.717) is 30.3 Å². The summed E-state index contributed by atoms with van der Waals surface area (Å²) in [6, 6.07) is 3.59. The minimum absolute atomic E-state index is 0.347. The molecule has 136 valence electrons. The Bertz CT molecular complexity index is 538. The monoisotopic (exact) mass is 350 g/mol. The van der Waals surface area contributed by atoms with Gasteiger partial charge in [0.25, 0.3) is 0 Å². The molecule has 9 heteroatoms. The van der Waals surface area contributed by atoms with E-state index in [9.17, 15) is 18.0 Å². The third kappa shape index (κ3) is 6.95. The average Bonchev–Trinajstić information content (AvgIpc) is 2.52.